The Morgan fingerprint density at radius 1 is 1.28 bits per heavy atom. The number of nitrogens with zero attached hydrogens (tertiary/aromatic N) is 7. The van der Waals surface area contributed by atoms with E-state index in [0.29, 0.717) is 23.1 Å². The lowest BCUT2D eigenvalue weighted by molar-refractivity contribution is 0.187. The third kappa shape index (κ3) is 3.19. The van der Waals surface area contributed by atoms with E-state index < -0.39 is 6.09 Å². The van der Waals surface area contributed by atoms with Gasteiger partial charge in [-0.15, -0.1) is 16.8 Å². The Kier molecular flexibility index (Phi) is 5.04. The lowest BCUT2D eigenvalue weighted by Crippen LogP contribution is -2.41. The van der Waals surface area contributed by atoms with Crippen LogP contribution >= 0.6 is 0 Å². The Balaban J connectivity index is 1.68. The molecule has 3 aromatic heterocycles. The Labute approximate surface area is 185 Å². The van der Waals surface area contributed by atoms with Crippen LogP contribution in [0.4, 0.5) is 16.3 Å². The summed E-state index contributed by atoms with van der Waals surface area (Å²) in [7, 11) is 1.31. The molecule has 1 unspecified atom stereocenters. The summed E-state index contributed by atoms with van der Waals surface area (Å²) in [6.45, 7) is 6.01. The first-order valence-electron chi connectivity index (χ1n) is 10.6. The summed E-state index contributed by atoms with van der Waals surface area (Å²) in [6.07, 6.45) is 10.8. The topological polar surface area (TPSA) is 111 Å². The van der Waals surface area contributed by atoms with Gasteiger partial charge in [0.05, 0.1) is 25.2 Å². The van der Waals surface area contributed by atoms with Crippen molar-refractivity contribution in [2.75, 3.05) is 17.3 Å². The number of rotatable bonds is 4. The minimum absolute atomic E-state index is 0.139. The molecule has 0 saturated heterocycles. The fraction of sp³-hybridized carbons (Fsp3) is 0.364. The Bertz CT molecular complexity index is 1180. The molecule has 1 amide bonds. The van der Waals surface area contributed by atoms with Gasteiger partial charge >= 0.3 is 6.09 Å². The smallest absolute Gasteiger partial charge is 0.411 e. The predicted octanol–water partition coefficient (Wildman–Crippen LogP) is 3.60. The van der Waals surface area contributed by atoms with Crippen molar-refractivity contribution in [3.8, 4) is 17.1 Å². The van der Waals surface area contributed by atoms with Gasteiger partial charge in [0.15, 0.2) is 17.5 Å². The molecule has 164 valence electrons. The van der Waals surface area contributed by atoms with Gasteiger partial charge in [0.25, 0.3) is 0 Å². The highest BCUT2D eigenvalue weighted by Gasteiger charge is 2.39. The minimum Gasteiger partial charge on any atom is -0.453 e. The third-order valence-electron chi connectivity index (χ3n) is 6.08. The molecule has 4 heterocycles. The second-order valence-electron chi connectivity index (χ2n) is 7.91. The average Bonchev–Trinajstić information content (AvgIpc) is 3.48. The number of pyridine rings is 1. The summed E-state index contributed by atoms with van der Waals surface area (Å²) in [6, 6.07) is 1.96. The predicted molar refractivity (Wildman–Crippen MR) is 119 cm³/mol. The zero-order valence-electron chi connectivity index (χ0n) is 18.0. The number of ether oxygens (including phenoxy) is 1. The molecule has 0 spiro atoms. The van der Waals surface area contributed by atoms with E-state index in [9.17, 15) is 4.79 Å². The molecular formula is C22H24N8O2. The van der Waals surface area contributed by atoms with E-state index in [4.69, 9.17) is 9.72 Å². The zero-order chi connectivity index (χ0) is 22.2. The number of aryl methyl sites for hydroxylation is 1. The highest BCUT2D eigenvalue weighted by Crippen LogP contribution is 2.43. The number of hydrogen-bond donors (Lipinski definition) is 1. The van der Waals surface area contributed by atoms with Crippen molar-refractivity contribution in [2.45, 2.75) is 44.7 Å². The number of methoxy groups -OCH3 is 1. The van der Waals surface area contributed by atoms with Crippen molar-refractivity contribution in [2.24, 2.45) is 0 Å². The molecule has 1 atom stereocenters. The van der Waals surface area contributed by atoms with Crippen LogP contribution in [0.15, 0.2) is 37.3 Å². The van der Waals surface area contributed by atoms with Crippen LogP contribution in [0.5, 0.6) is 0 Å². The molecule has 1 saturated carbocycles. The molecule has 32 heavy (non-hydrogen) atoms. The molecule has 1 N–H and O–H groups in total. The van der Waals surface area contributed by atoms with Gasteiger partial charge in [-0.3, -0.25) is 14.9 Å². The van der Waals surface area contributed by atoms with Gasteiger partial charge in [0.1, 0.15) is 17.6 Å². The standard InChI is InChI=1S/C22H24N8O2/c1-4-17-21-28-27-13(2)29(21)18-12-24-19(26-20(18)30(17)14-7-5-6-8-14)15-9-10-23-11-16(15)25-22(31)32-3/h4,9-12,14,17H,1,5-8H2,2-3H3,(H,25,31). The second-order valence-corrected chi connectivity index (χ2v) is 7.91. The molecule has 3 aromatic rings. The molecule has 10 nitrogen and oxygen atoms in total. The quantitative estimate of drug-likeness (QED) is 0.623. The summed E-state index contributed by atoms with van der Waals surface area (Å²) < 4.78 is 6.73. The fourth-order valence-corrected chi connectivity index (χ4v) is 4.62. The molecule has 5 rings (SSSR count). The zero-order valence-corrected chi connectivity index (χ0v) is 18.0. The van der Waals surface area contributed by atoms with Crippen LogP contribution in [-0.4, -0.2) is 49.0 Å². The van der Waals surface area contributed by atoms with E-state index in [1.165, 1.54) is 20.0 Å². The van der Waals surface area contributed by atoms with Gasteiger partial charge in [0, 0.05) is 17.8 Å². The third-order valence-corrected chi connectivity index (χ3v) is 6.08. The Morgan fingerprint density at radius 3 is 2.84 bits per heavy atom. The summed E-state index contributed by atoms with van der Waals surface area (Å²) in [5.41, 5.74) is 1.97. The summed E-state index contributed by atoms with van der Waals surface area (Å²) in [4.78, 5) is 27.8. The minimum atomic E-state index is -0.582. The number of carbonyl (C=O) groups is 1. The lowest BCUT2D eigenvalue weighted by Gasteiger charge is -2.40. The van der Waals surface area contributed by atoms with Crippen LogP contribution in [0, 0.1) is 6.92 Å². The lowest BCUT2D eigenvalue weighted by atomic mass is 10.1. The van der Waals surface area contributed by atoms with Crippen LogP contribution in [0.25, 0.3) is 17.1 Å². The molecule has 10 heteroatoms. The average molecular weight is 432 g/mol. The first kappa shape index (κ1) is 20.1. The molecule has 0 aromatic carbocycles. The molecule has 1 aliphatic heterocycles. The first-order valence-corrected chi connectivity index (χ1v) is 10.6. The summed E-state index contributed by atoms with van der Waals surface area (Å²) >= 11 is 0. The van der Waals surface area contributed by atoms with E-state index >= 15 is 0 Å². The van der Waals surface area contributed by atoms with Crippen molar-refractivity contribution < 1.29 is 9.53 Å². The molecule has 0 radical (unpaired) electrons. The van der Waals surface area contributed by atoms with Crippen molar-refractivity contribution >= 4 is 17.6 Å². The van der Waals surface area contributed by atoms with Gasteiger partial charge < -0.3 is 9.64 Å². The Hall–Kier alpha value is -3.82. The largest absolute Gasteiger partial charge is 0.453 e. The number of nitrogens with one attached hydrogen (secondary N) is 1. The number of aromatic nitrogens is 6. The van der Waals surface area contributed by atoms with Gasteiger partial charge in [-0.05, 0) is 25.8 Å². The first-order chi connectivity index (χ1) is 15.6. The highest BCUT2D eigenvalue weighted by atomic mass is 16.5. The maximum atomic E-state index is 11.8. The van der Waals surface area contributed by atoms with Crippen molar-refractivity contribution in [3.05, 3.63) is 49.0 Å². The fourth-order valence-electron chi connectivity index (χ4n) is 4.62. The molecule has 2 aliphatic rings. The number of amides is 1. The molecule has 0 bridgehead atoms. The van der Waals surface area contributed by atoms with Gasteiger partial charge in [-0.1, -0.05) is 18.9 Å². The van der Waals surface area contributed by atoms with Gasteiger partial charge in [0.2, 0.25) is 0 Å². The van der Waals surface area contributed by atoms with Gasteiger partial charge in [-0.25, -0.2) is 14.8 Å². The van der Waals surface area contributed by atoms with Crippen LogP contribution in [0.1, 0.15) is 43.4 Å². The van der Waals surface area contributed by atoms with E-state index in [1.54, 1.807) is 24.7 Å². The maximum absolute atomic E-state index is 11.8. The van der Waals surface area contributed by atoms with E-state index in [-0.39, 0.29) is 6.04 Å². The normalized spacial score (nSPS) is 17.6. The van der Waals surface area contributed by atoms with Crippen LogP contribution < -0.4 is 10.2 Å². The van der Waals surface area contributed by atoms with Crippen LogP contribution in [0.2, 0.25) is 0 Å². The SMILES string of the molecule is C=CC1c2nnc(C)n2-c2cnc(-c3ccncc3NC(=O)OC)nc2N1C1CCCC1. The van der Waals surface area contributed by atoms with Gasteiger partial charge in [-0.2, -0.15) is 0 Å². The van der Waals surface area contributed by atoms with Crippen LogP contribution in [-0.2, 0) is 4.74 Å². The second kappa shape index (κ2) is 8.03. The number of carbonyl (C=O) groups excluding carboxylic acids is 1. The monoisotopic (exact) mass is 432 g/mol. The highest BCUT2D eigenvalue weighted by molar-refractivity contribution is 5.90. The van der Waals surface area contributed by atoms with E-state index in [2.05, 4.69) is 37.0 Å². The van der Waals surface area contributed by atoms with E-state index in [1.807, 2.05) is 17.6 Å². The molecular weight excluding hydrogens is 408 g/mol. The number of anilines is 2. The summed E-state index contributed by atoms with van der Waals surface area (Å²) in [5, 5.41) is 11.4. The molecule has 1 aliphatic carbocycles. The Morgan fingerprint density at radius 2 is 2.09 bits per heavy atom. The summed E-state index contributed by atoms with van der Waals surface area (Å²) in [5.74, 6) is 2.89. The molecule has 1 fully saturated rings. The van der Waals surface area contributed by atoms with Crippen molar-refractivity contribution in [1.82, 2.24) is 29.7 Å². The van der Waals surface area contributed by atoms with Crippen molar-refractivity contribution in [3.63, 3.8) is 0 Å². The maximum Gasteiger partial charge on any atom is 0.411 e. The van der Waals surface area contributed by atoms with E-state index in [0.717, 1.165) is 36.0 Å². The van der Waals surface area contributed by atoms with Crippen LogP contribution in [0.3, 0.4) is 0 Å². The van der Waals surface area contributed by atoms with Crippen molar-refractivity contribution in [1.29, 1.82) is 0 Å². The number of hydrogen-bond acceptors (Lipinski definition) is 8. The number of fused-ring (bicyclic) bond motifs is 3.